The number of halogens is 1. The van der Waals surface area contributed by atoms with E-state index in [4.69, 9.17) is 9.72 Å². The molecular formula is C24H24BrN3O. The van der Waals surface area contributed by atoms with Crippen molar-refractivity contribution in [2.45, 2.75) is 19.5 Å². The molecule has 4 rings (SSSR count). The third kappa shape index (κ3) is 4.86. The Labute approximate surface area is 179 Å². The Bertz CT molecular complexity index is 1070. The molecule has 4 aromatic rings. The number of nitrogens with zero attached hydrogens (tertiary/aromatic N) is 2. The molecule has 0 radical (unpaired) electrons. The fourth-order valence-corrected chi connectivity index (χ4v) is 3.71. The first kappa shape index (κ1) is 19.7. The maximum Gasteiger partial charge on any atom is 0.124 e. The molecule has 0 spiro atoms. The number of aromatic nitrogens is 2. The van der Waals surface area contributed by atoms with Crippen LogP contribution in [0.5, 0.6) is 5.75 Å². The van der Waals surface area contributed by atoms with E-state index in [-0.39, 0.29) is 0 Å². The molecule has 5 heteroatoms. The van der Waals surface area contributed by atoms with Crippen LogP contribution in [0.4, 0.5) is 0 Å². The van der Waals surface area contributed by atoms with E-state index in [1.165, 1.54) is 11.1 Å². The molecule has 148 valence electrons. The minimum Gasteiger partial charge on any atom is -0.497 e. The Morgan fingerprint density at radius 3 is 2.52 bits per heavy atom. The molecule has 0 saturated carbocycles. The lowest BCUT2D eigenvalue weighted by molar-refractivity contribution is 0.415. The summed E-state index contributed by atoms with van der Waals surface area (Å²) in [4.78, 5) is 4.89. The Hall–Kier alpha value is -2.63. The SMILES string of the molecule is COc1ccc2c(c1)nc(CNCCc1ccc(Br)cc1)n2Cc1ccccc1. The molecular weight excluding hydrogens is 426 g/mol. The van der Waals surface area contributed by atoms with Gasteiger partial charge in [0.25, 0.3) is 0 Å². The van der Waals surface area contributed by atoms with Crippen LogP contribution in [0.2, 0.25) is 0 Å². The molecule has 0 atom stereocenters. The average Bonchev–Trinajstić information content (AvgIpc) is 3.09. The highest BCUT2D eigenvalue weighted by Gasteiger charge is 2.12. The van der Waals surface area contributed by atoms with E-state index in [0.29, 0.717) is 0 Å². The van der Waals surface area contributed by atoms with Crippen molar-refractivity contribution in [3.8, 4) is 5.75 Å². The molecule has 1 aromatic heterocycles. The Kier molecular flexibility index (Phi) is 6.27. The fraction of sp³-hybridized carbons (Fsp3) is 0.208. The van der Waals surface area contributed by atoms with Crippen molar-refractivity contribution in [1.29, 1.82) is 0 Å². The Morgan fingerprint density at radius 2 is 1.76 bits per heavy atom. The van der Waals surface area contributed by atoms with Crippen LogP contribution >= 0.6 is 15.9 Å². The van der Waals surface area contributed by atoms with E-state index in [0.717, 1.165) is 53.1 Å². The van der Waals surface area contributed by atoms with Gasteiger partial charge in [-0.3, -0.25) is 0 Å². The molecule has 0 aliphatic rings. The van der Waals surface area contributed by atoms with Gasteiger partial charge >= 0.3 is 0 Å². The second-order valence-electron chi connectivity index (χ2n) is 7.01. The number of methoxy groups -OCH3 is 1. The normalized spacial score (nSPS) is 11.1. The van der Waals surface area contributed by atoms with E-state index in [9.17, 15) is 0 Å². The van der Waals surface area contributed by atoms with Gasteiger partial charge in [-0.25, -0.2) is 4.98 Å². The topological polar surface area (TPSA) is 39.1 Å². The lowest BCUT2D eigenvalue weighted by Gasteiger charge is -2.11. The maximum atomic E-state index is 5.38. The van der Waals surface area contributed by atoms with Crippen LogP contribution < -0.4 is 10.1 Å². The molecule has 0 bridgehead atoms. The molecule has 0 fully saturated rings. The number of fused-ring (bicyclic) bond motifs is 1. The monoisotopic (exact) mass is 449 g/mol. The van der Waals surface area contributed by atoms with Gasteiger partial charge in [0.1, 0.15) is 11.6 Å². The second-order valence-corrected chi connectivity index (χ2v) is 7.92. The molecule has 0 saturated heterocycles. The van der Waals surface area contributed by atoms with Crippen molar-refractivity contribution < 1.29 is 4.74 Å². The van der Waals surface area contributed by atoms with Gasteiger partial charge in [-0.1, -0.05) is 58.4 Å². The average molecular weight is 450 g/mol. The molecule has 0 unspecified atom stereocenters. The van der Waals surface area contributed by atoms with Gasteiger partial charge in [-0.2, -0.15) is 0 Å². The van der Waals surface area contributed by atoms with Gasteiger partial charge in [0.2, 0.25) is 0 Å². The molecule has 1 N–H and O–H groups in total. The first-order valence-corrected chi connectivity index (χ1v) is 10.5. The fourth-order valence-electron chi connectivity index (χ4n) is 3.45. The zero-order chi connectivity index (χ0) is 20.1. The molecule has 3 aromatic carbocycles. The van der Waals surface area contributed by atoms with Crippen molar-refractivity contribution in [1.82, 2.24) is 14.9 Å². The summed E-state index contributed by atoms with van der Waals surface area (Å²) in [6, 6.07) is 25.1. The number of nitrogens with one attached hydrogen (secondary N) is 1. The number of imidazole rings is 1. The third-order valence-electron chi connectivity index (χ3n) is 5.00. The van der Waals surface area contributed by atoms with Gasteiger partial charge in [-0.15, -0.1) is 0 Å². The standard InChI is InChI=1S/C24H24BrN3O/c1-29-21-11-12-23-22(15-21)27-24(28(23)17-19-5-3-2-4-6-19)16-26-14-13-18-7-9-20(25)10-8-18/h2-12,15,26H,13-14,16-17H2,1H3. The number of benzene rings is 3. The summed E-state index contributed by atoms with van der Waals surface area (Å²) in [6.45, 7) is 2.42. The van der Waals surface area contributed by atoms with Crippen LogP contribution in [0.15, 0.2) is 77.3 Å². The molecule has 1 heterocycles. The smallest absolute Gasteiger partial charge is 0.124 e. The second kappa shape index (κ2) is 9.25. The highest BCUT2D eigenvalue weighted by molar-refractivity contribution is 9.10. The summed E-state index contributed by atoms with van der Waals surface area (Å²) in [7, 11) is 1.69. The van der Waals surface area contributed by atoms with Crippen LogP contribution in [0, 0.1) is 0 Å². The van der Waals surface area contributed by atoms with Crippen molar-refractivity contribution in [2.24, 2.45) is 0 Å². The highest BCUT2D eigenvalue weighted by atomic mass is 79.9. The van der Waals surface area contributed by atoms with Crippen molar-refractivity contribution >= 4 is 27.0 Å². The Balaban J connectivity index is 1.51. The summed E-state index contributed by atoms with van der Waals surface area (Å²) in [5, 5.41) is 3.55. The summed E-state index contributed by atoms with van der Waals surface area (Å²) >= 11 is 3.48. The van der Waals surface area contributed by atoms with Crippen molar-refractivity contribution in [2.75, 3.05) is 13.7 Å². The van der Waals surface area contributed by atoms with Crippen LogP contribution in [0.3, 0.4) is 0 Å². The lowest BCUT2D eigenvalue weighted by Crippen LogP contribution is -2.20. The van der Waals surface area contributed by atoms with E-state index in [1.807, 2.05) is 18.2 Å². The van der Waals surface area contributed by atoms with E-state index in [2.05, 4.69) is 80.4 Å². The summed E-state index contributed by atoms with van der Waals surface area (Å²) in [6.07, 6.45) is 0.986. The van der Waals surface area contributed by atoms with Crippen LogP contribution in [0.1, 0.15) is 17.0 Å². The van der Waals surface area contributed by atoms with Crippen LogP contribution in [-0.2, 0) is 19.5 Å². The van der Waals surface area contributed by atoms with Crippen LogP contribution in [0.25, 0.3) is 11.0 Å². The minimum absolute atomic E-state index is 0.723. The molecule has 0 aliphatic heterocycles. The molecule has 29 heavy (non-hydrogen) atoms. The molecule has 0 aliphatic carbocycles. The summed E-state index contributed by atoms with van der Waals surface area (Å²) in [5.74, 6) is 1.87. The largest absolute Gasteiger partial charge is 0.497 e. The predicted octanol–water partition coefficient (Wildman–Crippen LogP) is 5.19. The van der Waals surface area contributed by atoms with E-state index in [1.54, 1.807) is 7.11 Å². The van der Waals surface area contributed by atoms with Gasteiger partial charge in [0.05, 0.1) is 24.7 Å². The van der Waals surface area contributed by atoms with Gasteiger partial charge in [-0.05, 0) is 48.4 Å². The number of rotatable bonds is 8. The van der Waals surface area contributed by atoms with Crippen molar-refractivity contribution in [3.63, 3.8) is 0 Å². The quantitative estimate of drug-likeness (QED) is 0.376. The van der Waals surface area contributed by atoms with Crippen LogP contribution in [-0.4, -0.2) is 23.2 Å². The van der Waals surface area contributed by atoms with E-state index < -0.39 is 0 Å². The first-order valence-electron chi connectivity index (χ1n) is 9.75. The highest BCUT2D eigenvalue weighted by Crippen LogP contribution is 2.23. The number of hydrogen-bond donors (Lipinski definition) is 1. The zero-order valence-corrected chi connectivity index (χ0v) is 18.0. The number of hydrogen-bond acceptors (Lipinski definition) is 3. The van der Waals surface area contributed by atoms with E-state index >= 15 is 0 Å². The summed E-state index contributed by atoms with van der Waals surface area (Å²) in [5.41, 5.74) is 4.67. The number of ether oxygens (including phenoxy) is 1. The van der Waals surface area contributed by atoms with Gasteiger partial charge in [0.15, 0.2) is 0 Å². The third-order valence-corrected chi connectivity index (χ3v) is 5.53. The Morgan fingerprint density at radius 1 is 0.966 bits per heavy atom. The molecule has 0 amide bonds. The van der Waals surface area contributed by atoms with Crippen molar-refractivity contribution in [3.05, 3.63) is 94.2 Å². The minimum atomic E-state index is 0.723. The first-order chi connectivity index (χ1) is 14.2. The summed E-state index contributed by atoms with van der Waals surface area (Å²) < 4.78 is 8.78. The molecule has 4 nitrogen and oxygen atoms in total. The lowest BCUT2D eigenvalue weighted by atomic mass is 10.1. The zero-order valence-electron chi connectivity index (χ0n) is 16.4. The maximum absolute atomic E-state index is 5.38. The van der Waals surface area contributed by atoms with Gasteiger partial charge < -0.3 is 14.6 Å². The van der Waals surface area contributed by atoms with Gasteiger partial charge in [0, 0.05) is 17.1 Å². The predicted molar refractivity (Wildman–Crippen MR) is 121 cm³/mol.